The van der Waals surface area contributed by atoms with E-state index < -0.39 is 17.3 Å². The zero-order valence-electron chi connectivity index (χ0n) is 16.6. The van der Waals surface area contributed by atoms with Crippen molar-refractivity contribution in [1.29, 1.82) is 0 Å². The SMILES string of the molecule is CNc1ccc2c(=O)n(-c3cnc(NC(=O)NCc4ccc(C)s4)cn3)c(=O)[nH]c2n1. The zero-order valence-corrected chi connectivity index (χ0v) is 17.4. The first-order valence-electron chi connectivity index (χ1n) is 9.21. The van der Waals surface area contributed by atoms with Gasteiger partial charge in [-0.1, -0.05) is 0 Å². The van der Waals surface area contributed by atoms with Gasteiger partial charge in [0.05, 0.1) is 24.3 Å². The Bertz CT molecular complexity index is 1370. The molecule has 4 heterocycles. The maximum Gasteiger partial charge on any atom is 0.335 e. The predicted molar refractivity (Wildman–Crippen MR) is 118 cm³/mol. The molecule has 0 bridgehead atoms. The molecule has 0 aliphatic heterocycles. The van der Waals surface area contributed by atoms with Gasteiger partial charge >= 0.3 is 11.7 Å². The third kappa shape index (κ3) is 4.28. The van der Waals surface area contributed by atoms with Crippen LogP contribution in [0, 0.1) is 6.92 Å². The van der Waals surface area contributed by atoms with Gasteiger partial charge in [-0.15, -0.1) is 11.3 Å². The Labute approximate surface area is 179 Å². The molecule has 0 fully saturated rings. The van der Waals surface area contributed by atoms with E-state index in [0.29, 0.717) is 12.4 Å². The summed E-state index contributed by atoms with van der Waals surface area (Å²) in [5, 5.41) is 8.35. The van der Waals surface area contributed by atoms with E-state index in [1.54, 1.807) is 30.5 Å². The molecule has 0 spiro atoms. The summed E-state index contributed by atoms with van der Waals surface area (Å²) >= 11 is 1.60. The molecular formula is C19H18N8O3S. The highest BCUT2D eigenvalue weighted by molar-refractivity contribution is 7.11. The monoisotopic (exact) mass is 438 g/mol. The molecule has 158 valence electrons. The summed E-state index contributed by atoms with van der Waals surface area (Å²) in [7, 11) is 1.68. The molecule has 12 heteroatoms. The Morgan fingerprint density at radius 2 is 1.97 bits per heavy atom. The normalized spacial score (nSPS) is 10.8. The van der Waals surface area contributed by atoms with Gasteiger partial charge in [-0.05, 0) is 31.2 Å². The van der Waals surface area contributed by atoms with Crippen LogP contribution in [-0.4, -0.2) is 37.6 Å². The third-order valence-corrected chi connectivity index (χ3v) is 5.34. The second-order valence-electron chi connectivity index (χ2n) is 6.49. The first-order chi connectivity index (χ1) is 14.9. The van der Waals surface area contributed by atoms with Gasteiger partial charge in [-0.3, -0.25) is 15.1 Å². The molecule has 4 aromatic rings. The van der Waals surface area contributed by atoms with Crippen LogP contribution >= 0.6 is 11.3 Å². The average molecular weight is 438 g/mol. The zero-order chi connectivity index (χ0) is 22.0. The molecule has 11 nitrogen and oxygen atoms in total. The lowest BCUT2D eigenvalue weighted by atomic mass is 10.3. The highest BCUT2D eigenvalue weighted by Crippen LogP contribution is 2.14. The number of rotatable bonds is 5. The number of aromatic nitrogens is 5. The number of carbonyl (C=O) groups excluding carboxylic acids is 1. The molecule has 4 N–H and O–H groups in total. The number of anilines is 2. The molecule has 2 amide bonds. The number of fused-ring (bicyclic) bond motifs is 1. The van der Waals surface area contributed by atoms with Crippen LogP contribution in [-0.2, 0) is 6.54 Å². The lowest BCUT2D eigenvalue weighted by Crippen LogP contribution is -2.34. The van der Waals surface area contributed by atoms with Crippen molar-refractivity contribution >= 4 is 40.0 Å². The van der Waals surface area contributed by atoms with Crippen LogP contribution in [0.3, 0.4) is 0 Å². The summed E-state index contributed by atoms with van der Waals surface area (Å²) in [6.45, 7) is 2.38. The highest BCUT2D eigenvalue weighted by atomic mass is 32.1. The smallest absolute Gasteiger partial charge is 0.335 e. The first kappa shape index (κ1) is 20.2. The van der Waals surface area contributed by atoms with E-state index >= 15 is 0 Å². The molecule has 4 rings (SSSR count). The minimum atomic E-state index is -0.697. The van der Waals surface area contributed by atoms with Crippen molar-refractivity contribution < 1.29 is 4.79 Å². The van der Waals surface area contributed by atoms with Crippen molar-refractivity contribution in [2.45, 2.75) is 13.5 Å². The van der Waals surface area contributed by atoms with Gasteiger partial charge in [0.15, 0.2) is 11.6 Å². The number of carbonyl (C=O) groups is 1. The lowest BCUT2D eigenvalue weighted by Gasteiger charge is -2.08. The maximum absolute atomic E-state index is 12.8. The molecule has 0 aliphatic rings. The Morgan fingerprint density at radius 3 is 2.65 bits per heavy atom. The van der Waals surface area contributed by atoms with Gasteiger partial charge in [0.2, 0.25) is 0 Å². The Balaban J connectivity index is 1.52. The highest BCUT2D eigenvalue weighted by Gasteiger charge is 2.13. The van der Waals surface area contributed by atoms with Gasteiger partial charge in [-0.2, -0.15) is 0 Å². The van der Waals surface area contributed by atoms with E-state index in [1.165, 1.54) is 12.4 Å². The fourth-order valence-corrected chi connectivity index (χ4v) is 3.68. The van der Waals surface area contributed by atoms with Gasteiger partial charge in [-0.25, -0.2) is 29.1 Å². The minimum Gasteiger partial charge on any atom is -0.373 e. The Hall–Kier alpha value is -4.06. The minimum absolute atomic E-state index is 0.0193. The van der Waals surface area contributed by atoms with Crippen molar-refractivity contribution in [3.05, 3.63) is 67.3 Å². The van der Waals surface area contributed by atoms with E-state index in [1.807, 2.05) is 19.1 Å². The number of hydrogen-bond acceptors (Lipinski definition) is 8. The van der Waals surface area contributed by atoms with Gasteiger partial charge < -0.3 is 10.6 Å². The predicted octanol–water partition coefficient (Wildman–Crippen LogP) is 1.60. The number of urea groups is 1. The van der Waals surface area contributed by atoms with Crippen LogP contribution in [0.15, 0.2) is 46.2 Å². The van der Waals surface area contributed by atoms with Crippen molar-refractivity contribution in [3.8, 4) is 5.82 Å². The summed E-state index contributed by atoms with van der Waals surface area (Å²) < 4.78 is 0.860. The topological polar surface area (TPSA) is 147 Å². The number of H-pyrrole nitrogens is 1. The summed E-state index contributed by atoms with van der Waals surface area (Å²) in [5.41, 5.74) is -1.10. The molecule has 4 aromatic heterocycles. The number of nitrogens with zero attached hydrogens (tertiary/aromatic N) is 4. The molecule has 0 radical (unpaired) electrons. The molecule has 0 saturated carbocycles. The number of aromatic amines is 1. The molecule has 0 unspecified atom stereocenters. The second kappa shape index (κ2) is 8.36. The quantitative estimate of drug-likeness (QED) is 0.370. The fraction of sp³-hybridized carbons (Fsp3) is 0.158. The average Bonchev–Trinajstić information content (AvgIpc) is 3.18. The number of pyridine rings is 1. The van der Waals surface area contributed by atoms with Crippen LogP contribution in [0.4, 0.5) is 16.4 Å². The molecule has 0 saturated heterocycles. The molecule has 0 atom stereocenters. The third-order valence-electron chi connectivity index (χ3n) is 4.34. The van der Waals surface area contributed by atoms with E-state index in [-0.39, 0.29) is 22.7 Å². The molecular weight excluding hydrogens is 420 g/mol. The van der Waals surface area contributed by atoms with Gasteiger partial charge in [0.25, 0.3) is 5.56 Å². The number of amides is 2. The van der Waals surface area contributed by atoms with Crippen molar-refractivity contribution in [1.82, 2.24) is 29.8 Å². The van der Waals surface area contributed by atoms with Crippen molar-refractivity contribution in [3.63, 3.8) is 0 Å². The lowest BCUT2D eigenvalue weighted by molar-refractivity contribution is 0.251. The summed E-state index contributed by atoms with van der Waals surface area (Å²) in [6.07, 6.45) is 2.50. The number of aryl methyl sites for hydroxylation is 1. The van der Waals surface area contributed by atoms with E-state index in [2.05, 4.69) is 35.9 Å². The Morgan fingerprint density at radius 1 is 1.13 bits per heavy atom. The van der Waals surface area contributed by atoms with Crippen molar-refractivity contribution in [2.75, 3.05) is 17.7 Å². The van der Waals surface area contributed by atoms with Crippen LogP contribution in [0.2, 0.25) is 0 Å². The van der Waals surface area contributed by atoms with Crippen LogP contribution < -0.4 is 27.2 Å². The van der Waals surface area contributed by atoms with Crippen LogP contribution in [0.5, 0.6) is 0 Å². The van der Waals surface area contributed by atoms with E-state index in [9.17, 15) is 14.4 Å². The number of thiophene rings is 1. The molecule has 0 aromatic carbocycles. The number of hydrogen-bond donors (Lipinski definition) is 4. The first-order valence-corrected chi connectivity index (χ1v) is 10.0. The van der Waals surface area contributed by atoms with Crippen molar-refractivity contribution in [2.24, 2.45) is 0 Å². The van der Waals surface area contributed by atoms with Gasteiger partial charge in [0, 0.05) is 16.8 Å². The summed E-state index contributed by atoms with van der Waals surface area (Å²) in [5.74, 6) is 0.711. The van der Waals surface area contributed by atoms with E-state index in [4.69, 9.17) is 0 Å². The second-order valence-corrected chi connectivity index (χ2v) is 7.87. The Kier molecular flexibility index (Phi) is 5.45. The fourth-order valence-electron chi connectivity index (χ4n) is 2.85. The largest absolute Gasteiger partial charge is 0.373 e. The van der Waals surface area contributed by atoms with Crippen LogP contribution in [0.25, 0.3) is 16.9 Å². The molecule has 31 heavy (non-hydrogen) atoms. The van der Waals surface area contributed by atoms with Gasteiger partial charge in [0.1, 0.15) is 11.5 Å². The summed E-state index contributed by atoms with van der Waals surface area (Å²) in [4.78, 5) is 54.3. The number of nitrogens with one attached hydrogen (secondary N) is 4. The van der Waals surface area contributed by atoms with E-state index in [0.717, 1.165) is 14.3 Å². The summed E-state index contributed by atoms with van der Waals surface area (Å²) in [6, 6.07) is 6.67. The molecule has 0 aliphatic carbocycles. The van der Waals surface area contributed by atoms with Crippen LogP contribution in [0.1, 0.15) is 9.75 Å². The maximum atomic E-state index is 12.8. The standard InChI is InChI=1S/C19H18N8O3S/c1-10-3-4-11(31-10)7-23-18(29)25-14-8-22-15(9-21-14)27-17(28)12-5-6-13(20-2)24-16(12)26-19(27)30/h3-6,8-9H,7H2,1-2H3,(H2,20,24,26,30)(H2,21,23,25,29).